The molecule has 1 saturated heterocycles. The van der Waals surface area contributed by atoms with Gasteiger partial charge in [-0.15, -0.1) is 0 Å². The van der Waals surface area contributed by atoms with Crippen LogP contribution in [0.2, 0.25) is 0 Å². The van der Waals surface area contributed by atoms with Crippen molar-refractivity contribution in [3.63, 3.8) is 0 Å². The van der Waals surface area contributed by atoms with Gasteiger partial charge in [0.05, 0.1) is 6.54 Å². The number of anilines is 1. The summed E-state index contributed by atoms with van der Waals surface area (Å²) in [5.41, 5.74) is 2.10. The van der Waals surface area contributed by atoms with Crippen LogP contribution in [0.3, 0.4) is 0 Å². The number of piperidine rings is 1. The summed E-state index contributed by atoms with van der Waals surface area (Å²) in [5.74, 6) is 2.98. The molecular formula is C22H29N7O2. The largest absolute Gasteiger partial charge is 0.338 e. The van der Waals surface area contributed by atoms with Crippen molar-refractivity contribution < 1.29 is 4.52 Å². The van der Waals surface area contributed by atoms with Crippen LogP contribution in [-0.2, 0) is 26.2 Å². The van der Waals surface area contributed by atoms with Crippen molar-refractivity contribution in [2.45, 2.75) is 52.4 Å². The van der Waals surface area contributed by atoms with Gasteiger partial charge in [-0.2, -0.15) is 4.98 Å². The number of rotatable bonds is 6. The van der Waals surface area contributed by atoms with Crippen LogP contribution in [0.1, 0.15) is 42.2 Å². The normalized spacial score (nSPS) is 20.3. The maximum atomic E-state index is 13.3. The monoisotopic (exact) mass is 423 g/mol. The fourth-order valence-electron chi connectivity index (χ4n) is 5.06. The third-order valence-corrected chi connectivity index (χ3v) is 6.48. The van der Waals surface area contributed by atoms with Gasteiger partial charge in [-0.25, -0.2) is 4.98 Å². The number of aromatic nitrogens is 5. The summed E-state index contributed by atoms with van der Waals surface area (Å²) in [7, 11) is 2.04. The molecule has 0 radical (unpaired) electrons. The molecule has 9 nitrogen and oxygen atoms in total. The average Bonchev–Trinajstić information content (AvgIpc) is 3.39. The Bertz CT molecular complexity index is 1130. The van der Waals surface area contributed by atoms with Crippen molar-refractivity contribution in [2.75, 3.05) is 25.0 Å². The Morgan fingerprint density at radius 3 is 2.87 bits per heavy atom. The average molecular weight is 424 g/mol. The first-order valence-electron chi connectivity index (χ1n) is 11.0. The Morgan fingerprint density at radius 1 is 1.23 bits per heavy atom. The second kappa shape index (κ2) is 7.96. The molecule has 3 aromatic heterocycles. The van der Waals surface area contributed by atoms with Gasteiger partial charge < -0.3 is 18.6 Å². The van der Waals surface area contributed by atoms with Crippen LogP contribution >= 0.6 is 0 Å². The van der Waals surface area contributed by atoms with Gasteiger partial charge in [0.15, 0.2) is 0 Å². The molecule has 2 bridgehead atoms. The molecule has 0 amide bonds. The lowest BCUT2D eigenvalue weighted by Gasteiger charge is -2.42. The van der Waals surface area contributed by atoms with Gasteiger partial charge in [0, 0.05) is 69.2 Å². The van der Waals surface area contributed by atoms with E-state index in [2.05, 4.69) is 42.5 Å². The molecular weight excluding hydrogens is 394 g/mol. The van der Waals surface area contributed by atoms with Gasteiger partial charge in [-0.05, 0) is 37.5 Å². The van der Waals surface area contributed by atoms with E-state index in [0.29, 0.717) is 36.8 Å². The Balaban J connectivity index is 1.34. The van der Waals surface area contributed by atoms with E-state index in [1.807, 2.05) is 37.0 Å². The topological polar surface area (TPSA) is 85.2 Å². The van der Waals surface area contributed by atoms with Crippen molar-refractivity contribution in [3.8, 4) is 0 Å². The van der Waals surface area contributed by atoms with Crippen LogP contribution in [0.4, 0.5) is 5.95 Å². The number of imidazole rings is 1. The second-order valence-corrected chi connectivity index (χ2v) is 8.82. The van der Waals surface area contributed by atoms with Crippen LogP contribution in [0.25, 0.3) is 0 Å². The van der Waals surface area contributed by atoms with E-state index in [1.54, 1.807) is 0 Å². The number of fused-ring (bicyclic) bond motifs is 4. The summed E-state index contributed by atoms with van der Waals surface area (Å²) < 4.78 is 9.31. The summed E-state index contributed by atoms with van der Waals surface area (Å²) in [4.78, 5) is 26.5. The maximum absolute atomic E-state index is 13.3. The zero-order valence-electron chi connectivity index (χ0n) is 18.4. The lowest BCUT2D eigenvalue weighted by molar-refractivity contribution is 0.272. The molecule has 164 valence electrons. The summed E-state index contributed by atoms with van der Waals surface area (Å²) in [6, 6.07) is 4.15. The predicted molar refractivity (Wildman–Crippen MR) is 116 cm³/mol. The molecule has 2 atom stereocenters. The van der Waals surface area contributed by atoms with Gasteiger partial charge in [-0.3, -0.25) is 9.69 Å². The standard InChI is InChI=1S/C22H29N7O2/c1-4-27-8-7-23-20(27)14-26(3)12-17-5-6-19-18-9-16(11-29(19)21(17)30)10-28(13-18)22-24-15(2)31-25-22/h5-8,16,18H,4,9-14H2,1-3H3/t16-,18+/m0/s1. The second-order valence-electron chi connectivity index (χ2n) is 8.82. The van der Waals surface area contributed by atoms with Crippen molar-refractivity contribution in [2.24, 2.45) is 5.92 Å². The first kappa shape index (κ1) is 20.0. The molecule has 3 aromatic rings. The molecule has 5 rings (SSSR count). The Labute approximate surface area is 181 Å². The van der Waals surface area contributed by atoms with Gasteiger partial charge in [0.1, 0.15) is 5.82 Å². The highest BCUT2D eigenvalue weighted by Gasteiger charge is 2.36. The molecule has 2 aliphatic rings. The highest BCUT2D eigenvalue weighted by Crippen LogP contribution is 2.36. The fourth-order valence-corrected chi connectivity index (χ4v) is 5.06. The SMILES string of the molecule is CCn1ccnc1CN(C)Cc1ccc2n(c1=O)C[C@H]1C[C@@H]2CN(c2noc(C)n2)C1. The molecule has 0 aliphatic carbocycles. The van der Waals surface area contributed by atoms with Crippen LogP contribution in [0, 0.1) is 12.8 Å². The number of hydrogen-bond donors (Lipinski definition) is 0. The van der Waals surface area contributed by atoms with E-state index < -0.39 is 0 Å². The van der Waals surface area contributed by atoms with E-state index in [-0.39, 0.29) is 5.56 Å². The van der Waals surface area contributed by atoms with Crippen molar-refractivity contribution in [3.05, 3.63) is 57.9 Å². The van der Waals surface area contributed by atoms with E-state index >= 15 is 0 Å². The van der Waals surface area contributed by atoms with E-state index in [9.17, 15) is 4.79 Å². The molecule has 0 spiro atoms. The van der Waals surface area contributed by atoms with Gasteiger partial charge in [0.25, 0.3) is 11.5 Å². The summed E-state index contributed by atoms with van der Waals surface area (Å²) in [6.07, 6.45) is 4.93. The fraction of sp³-hybridized carbons (Fsp3) is 0.545. The first-order chi connectivity index (χ1) is 15.0. The van der Waals surface area contributed by atoms with Crippen molar-refractivity contribution in [1.82, 2.24) is 29.2 Å². The zero-order valence-corrected chi connectivity index (χ0v) is 18.4. The van der Waals surface area contributed by atoms with Crippen molar-refractivity contribution >= 4 is 5.95 Å². The van der Waals surface area contributed by atoms with Gasteiger partial charge in [-0.1, -0.05) is 6.07 Å². The Morgan fingerprint density at radius 2 is 2.10 bits per heavy atom. The van der Waals surface area contributed by atoms with Gasteiger partial charge in [0.2, 0.25) is 5.89 Å². The maximum Gasteiger partial charge on any atom is 0.266 e. The molecule has 9 heteroatoms. The molecule has 0 saturated carbocycles. The van der Waals surface area contributed by atoms with Crippen LogP contribution in [0.15, 0.2) is 33.8 Å². The van der Waals surface area contributed by atoms with Crippen molar-refractivity contribution in [1.29, 1.82) is 0 Å². The van der Waals surface area contributed by atoms with Crippen LogP contribution < -0.4 is 10.5 Å². The number of pyridine rings is 1. The number of nitrogens with zero attached hydrogens (tertiary/aromatic N) is 7. The smallest absolute Gasteiger partial charge is 0.266 e. The molecule has 31 heavy (non-hydrogen) atoms. The third kappa shape index (κ3) is 3.78. The molecule has 0 aromatic carbocycles. The highest BCUT2D eigenvalue weighted by molar-refractivity contribution is 5.33. The van der Waals surface area contributed by atoms with E-state index in [4.69, 9.17) is 4.52 Å². The first-order valence-corrected chi connectivity index (χ1v) is 11.0. The van der Waals surface area contributed by atoms with Gasteiger partial charge >= 0.3 is 0 Å². The quantitative estimate of drug-likeness (QED) is 0.600. The predicted octanol–water partition coefficient (Wildman–Crippen LogP) is 2.01. The molecule has 2 aliphatic heterocycles. The molecule has 5 heterocycles. The zero-order chi connectivity index (χ0) is 21.5. The highest BCUT2D eigenvalue weighted by atomic mass is 16.5. The lowest BCUT2D eigenvalue weighted by atomic mass is 9.83. The summed E-state index contributed by atoms with van der Waals surface area (Å²) >= 11 is 0. The summed E-state index contributed by atoms with van der Waals surface area (Å²) in [6.45, 7) is 8.55. The Kier molecular flexibility index (Phi) is 5.13. The number of hydrogen-bond acceptors (Lipinski definition) is 7. The molecule has 0 N–H and O–H groups in total. The molecule has 0 unspecified atom stereocenters. The minimum atomic E-state index is 0.140. The van der Waals surface area contributed by atoms with Crippen LogP contribution in [0.5, 0.6) is 0 Å². The number of aryl methyl sites for hydroxylation is 2. The minimum absolute atomic E-state index is 0.140. The summed E-state index contributed by atoms with van der Waals surface area (Å²) in [5, 5.41) is 4.09. The Hall–Kier alpha value is -2.94. The third-order valence-electron chi connectivity index (χ3n) is 6.48. The lowest BCUT2D eigenvalue weighted by Crippen LogP contribution is -2.48. The molecule has 1 fully saturated rings. The minimum Gasteiger partial charge on any atom is -0.338 e. The van der Waals surface area contributed by atoms with E-state index in [1.165, 1.54) is 0 Å². The van der Waals surface area contributed by atoms with E-state index in [0.717, 1.165) is 49.7 Å². The van der Waals surface area contributed by atoms with Crippen LogP contribution in [-0.4, -0.2) is 49.3 Å².